The number of hydrogen-bond donors (Lipinski definition) is 1. The van der Waals surface area contributed by atoms with Crippen LogP contribution in [-0.4, -0.2) is 13.1 Å². The van der Waals surface area contributed by atoms with Gasteiger partial charge in [-0.05, 0) is 18.6 Å². The molecule has 0 aliphatic rings. The Morgan fingerprint density at radius 3 is 2.80 bits per heavy atom. The van der Waals surface area contributed by atoms with Crippen LogP contribution in [0.2, 0.25) is 0 Å². The number of esters is 1. The van der Waals surface area contributed by atoms with Crippen LogP contribution in [0.4, 0.5) is 5.69 Å². The molecule has 0 atom stereocenters. The summed E-state index contributed by atoms with van der Waals surface area (Å²) in [5, 5.41) is 0. The number of carbonyl (C=O) groups is 1. The largest absolute Gasteiger partial charge is 0.493 e. The molecule has 0 bridgehead atoms. The van der Waals surface area contributed by atoms with Gasteiger partial charge in [-0.3, -0.25) is 4.79 Å². The van der Waals surface area contributed by atoms with Gasteiger partial charge in [0.05, 0.1) is 12.8 Å². The Bertz CT molecular complexity index is 350. The fourth-order valence-corrected chi connectivity index (χ4v) is 1.17. The van der Waals surface area contributed by atoms with Crippen LogP contribution in [0.1, 0.15) is 19.8 Å². The highest BCUT2D eigenvalue weighted by Crippen LogP contribution is 2.33. The van der Waals surface area contributed by atoms with E-state index in [-0.39, 0.29) is 5.97 Å². The fraction of sp³-hybridized carbons (Fsp3) is 0.364. The van der Waals surface area contributed by atoms with Gasteiger partial charge in [0.1, 0.15) is 0 Å². The van der Waals surface area contributed by atoms with E-state index in [0.29, 0.717) is 23.6 Å². The van der Waals surface area contributed by atoms with E-state index in [4.69, 9.17) is 15.2 Å². The van der Waals surface area contributed by atoms with Gasteiger partial charge in [0.2, 0.25) is 0 Å². The first kappa shape index (κ1) is 11.4. The predicted octanol–water partition coefficient (Wildman–Crippen LogP) is 1.98. The van der Waals surface area contributed by atoms with Gasteiger partial charge in [0, 0.05) is 6.42 Å². The molecule has 1 aromatic carbocycles. The number of carbonyl (C=O) groups excluding carboxylic acids is 1. The van der Waals surface area contributed by atoms with Crippen LogP contribution in [-0.2, 0) is 4.79 Å². The quantitative estimate of drug-likeness (QED) is 0.468. The molecule has 4 heteroatoms. The van der Waals surface area contributed by atoms with E-state index in [1.165, 1.54) is 7.11 Å². The van der Waals surface area contributed by atoms with Gasteiger partial charge >= 0.3 is 5.97 Å². The highest BCUT2D eigenvalue weighted by atomic mass is 16.6. The van der Waals surface area contributed by atoms with Gasteiger partial charge in [-0.1, -0.05) is 13.0 Å². The molecule has 0 unspecified atom stereocenters. The second-order valence-corrected chi connectivity index (χ2v) is 3.10. The van der Waals surface area contributed by atoms with Gasteiger partial charge < -0.3 is 15.2 Å². The van der Waals surface area contributed by atoms with Crippen molar-refractivity contribution >= 4 is 11.7 Å². The van der Waals surface area contributed by atoms with E-state index in [0.717, 1.165) is 6.42 Å². The molecule has 0 aromatic heterocycles. The lowest BCUT2D eigenvalue weighted by atomic mass is 10.2. The average Bonchev–Trinajstić information content (AvgIpc) is 2.21. The third-order valence-corrected chi connectivity index (χ3v) is 1.90. The van der Waals surface area contributed by atoms with Crippen LogP contribution in [0.3, 0.4) is 0 Å². The molecule has 0 saturated carbocycles. The van der Waals surface area contributed by atoms with Crippen LogP contribution in [0.5, 0.6) is 11.5 Å². The van der Waals surface area contributed by atoms with Crippen molar-refractivity contribution in [2.45, 2.75) is 19.8 Å². The van der Waals surface area contributed by atoms with E-state index >= 15 is 0 Å². The van der Waals surface area contributed by atoms with Crippen molar-refractivity contribution in [2.24, 2.45) is 0 Å². The number of methoxy groups -OCH3 is 1. The van der Waals surface area contributed by atoms with Crippen LogP contribution in [0.15, 0.2) is 18.2 Å². The van der Waals surface area contributed by atoms with Gasteiger partial charge in [-0.25, -0.2) is 0 Å². The lowest BCUT2D eigenvalue weighted by molar-refractivity contribution is -0.134. The molecule has 0 heterocycles. The molecule has 4 nitrogen and oxygen atoms in total. The lowest BCUT2D eigenvalue weighted by Gasteiger charge is -2.10. The predicted molar refractivity (Wildman–Crippen MR) is 57.9 cm³/mol. The summed E-state index contributed by atoms with van der Waals surface area (Å²) in [6.45, 7) is 1.91. The van der Waals surface area contributed by atoms with E-state index in [2.05, 4.69) is 0 Å². The fourth-order valence-electron chi connectivity index (χ4n) is 1.17. The van der Waals surface area contributed by atoms with Crippen LogP contribution >= 0.6 is 0 Å². The molecule has 0 saturated heterocycles. The Balaban J connectivity index is 2.87. The number of ether oxygens (including phenoxy) is 2. The number of anilines is 1. The Labute approximate surface area is 89.0 Å². The van der Waals surface area contributed by atoms with E-state index < -0.39 is 0 Å². The molecule has 0 aliphatic heterocycles. The molecule has 0 spiro atoms. The van der Waals surface area contributed by atoms with Gasteiger partial charge in [0.25, 0.3) is 0 Å². The number of hydrogen-bond acceptors (Lipinski definition) is 4. The monoisotopic (exact) mass is 209 g/mol. The highest BCUT2D eigenvalue weighted by molar-refractivity contribution is 5.76. The zero-order chi connectivity index (χ0) is 11.3. The smallest absolute Gasteiger partial charge is 0.311 e. The first-order valence-corrected chi connectivity index (χ1v) is 4.82. The minimum absolute atomic E-state index is 0.297. The summed E-state index contributed by atoms with van der Waals surface area (Å²) in [5.41, 5.74) is 6.09. The Morgan fingerprint density at radius 2 is 2.20 bits per heavy atom. The van der Waals surface area contributed by atoms with Crippen molar-refractivity contribution in [3.8, 4) is 11.5 Å². The lowest BCUT2D eigenvalue weighted by Crippen LogP contribution is -2.09. The molecular formula is C11H15NO3. The van der Waals surface area contributed by atoms with E-state index in [1.54, 1.807) is 18.2 Å². The number of nitrogens with two attached hydrogens (primary N) is 1. The van der Waals surface area contributed by atoms with E-state index in [1.807, 2.05) is 6.92 Å². The van der Waals surface area contributed by atoms with Gasteiger partial charge in [0.15, 0.2) is 11.5 Å². The highest BCUT2D eigenvalue weighted by Gasteiger charge is 2.12. The standard InChI is InChI=1S/C11H15NO3/c1-3-5-10(13)15-11-8(12)6-4-7-9(11)14-2/h4,6-7H,3,5,12H2,1-2H3. The first-order chi connectivity index (χ1) is 7.19. The summed E-state index contributed by atoms with van der Waals surface area (Å²) in [7, 11) is 1.51. The Hall–Kier alpha value is -1.71. The maximum atomic E-state index is 11.3. The summed E-state index contributed by atoms with van der Waals surface area (Å²) in [5.74, 6) is 0.478. The topological polar surface area (TPSA) is 61.5 Å². The minimum Gasteiger partial charge on any atom is -0.493 e. The maximum absolute atomic E-state index is 11.3. The zero-order valence-electron chi connectivity index (χ0n) is 8.95. The molecule has 15 heavy (non-hydrogen) atoms. The molecule has 1 rings (SSSR count). The van der Waals surface area contributed by atoms with E-state index in [9.17, 15) is 4.79 Å². The zero-order valence-corrected chi connectivity index (χ0v) is 8.95. The minimum atomic E-state index is -0.297. The van der Waals surface area contributed by atoms with Crippen molar-refractivity contribution < 1.29 is 14.3 Å². The van der Waals surface area contributed by atoms with Crippen molar-refractivity contribution in [2.75, 3.05) is 12.8 Å². The maximum Gasteiger partial charge on any atom is 0.311 e. The molecule has 0 aliphatic carbocycles. The molecule has 82 valence electrons. The van der Waals surface area contributed by atoms with Gasteiger partial charge in [-0.15, -0.1) is 0 Å². The third kappa shape index (κ3) is 2.87. The summed E-state index contributed by atoms with van der Waals surface area (Å²) in [6.07, 6.45) is 1.12. The SMILES string of the molecule is CCCC(=O)Oc1c(N)cccc1OC. The Morgan fingerprint density at radius 1 is 1.47 bits per heavy atom. The number of nitrogen functional groups attached to an aromatic ring is 1. The molecule has 0 amide bonds. The molecule has 1 aromatic rings. The third-order valence-electron chi connectivity index (χ3n) is 1.90. The number of para-hydroxylation sites is 1. The van der Waals surface area contributed by atoms with Crippen LogP contribution in [0, 0.1) is 0 Å². The van der Waals surface area contributed by atoms with Crippen molar-refractivity contribution in [1.82, 2.24) is 0 Å². The number of rotatable bonds is 4. The Kier molecular flexibility index (Phi) is 3.97. The molecule has 0 fully saturated rings. The van der Waals surface area contributed by atoms with Crippen LogP contribution in [0.25, 0.3) is 0 Å². The van der Waals surface area contributed by atoms with Gasteiger partial charge in [-0.2, -0.15) is 0 Å². The number of benzene rings is 1. The summed E-state index contributed by atoms with van der Waals surface area (Å²) in [4.78, 5) is 11.3. The second kappa shape index (κ2) is 5.24. The summed E-state index contributed by atoms with van der Waals surface area (Å²) in [6, 6.07) is 5.10. The molecular weight excluding hydrogens is 194 g/mol. The van der Waals surface area contributed by atoms with Crippen molar-refractivity contribution in [1.29, 1.82) is 0 Å². The second-order valence-electron chi connectivity index (χ2n) is 3.10. The first-order valence-electron chi connectivity index (χ1n) is 4.82. The van der Waals surface area contributed by atoms with Crippen molar-refractivity contribution in [3.05, 3.63) is 18.2 Å². The summed E-state index contributed by atoms with van der Waals surface area (Å²) >= 11 is 0. The molecule has 2 N–H and O–H groups in total. The molecule has 0 radical (unpaired) electrons. The van der Waals surface area contributed by atoms with Crippen molar-refractivity contribution in [3.63, 3.8) is 0 Å². The normalized spacial score (nSPS) is 9.73. The average molecular weight is 209 g/mol. The summed E-state index contributed by atoms with van der Waals surface area (Å²) < 4.78 is 10.2. The van der Waals surface area contributed by atoms with Crippen LogP contribution < -0.4 is 15.2 Å².